The molecule has 0 atom stereocenters. The van der Waals surface area contributed by atoms with Crippen LogP contribution in [0.25, 0.3) is 12.2 Å². The van der Waals surface area contributed by atoms with Crippen molar-refractivity contribution in [3.63, 3.8) is 0 Å². The molecule has 0 aliphatic heterocycles. The topological polar surface area (TPSA) is 38.7 Å². The number of aromatic nitrogens is 3. The molecule has 20 heavy (non-hydrogen) atoms. The summed E-state index contributed by atoms with van der Waals surface area (Å²) in [5.74, 6) is 0.834. The first-order valence-electron chi connectivity index (χ1n) is 5.61. The smallest absolute Gasteiger partial charge is 0.167 e. The first-order valence-corrected chi connectivity index (χ1v) is 7.36. The molecule has 1 aromatic carbocycles. The predicted octanol–water partition coefficient (Wildman–Crippen LogP) is 4.99. The molecule has 0 N–H and O–H groups in total. The van der Waals surface area contributed by atoms with Gasteiger partial charge in [0, 0.05) is 0 Å². The second-order valence-electron chi connectivity index (χ2n) is 3.76. The van der Waals surface area contributed by atoms with E-state index in [-0.39, 0.29) is 11.6 Å². The summed E-state index contributed by atoms with van der Waals surface area (Å²) in [7, 11) is 0. The predicted molar refractivity (Wildman–Crippen MR) is 84.1 cm³/mol. The molecular formula is C13H9Cl4N3. The Labute approximate surface area is 136 Å². The molecule has 0 unspecified atom stereocenters. The van der Waals surface area contributed by atoms with E-state index < -0.39 is 9.67 Å². The van der Waals surface area contributed by atoms with Crippen LogP contribution in [0.2, 0.25) is 0 Å². The van der Waals surface area contributed by atoms with Gasteiger partial charge in [-0.15, -0.1) is 0 Å². The van der Waals surface area contributed by atoms with Crippen LogP contribution in [0.5, 0.6) is 0 Å². The second kappa shape index (κ2) is 7.23. The van der Waals surface area contributed by atoms with Crippen LogP contribution >= 0.6 is 46.4 Å². The third-order valence-corrected chi connectivity index (χ3v) is 3.08. The van der Waals surface area contributed by atoms with Gasteiger partial charge in [0.15, 0.2) is 27.1 Å². The van der Waals surface area contributed by atoms with E-state index in [0.717, 1.165) is 5.56 Å². The van der Waals surface area contributed by atoms with Gasteiger partial charge in [0.1, 0.15) is 0 Å². The SMILES string of the molecule is ClC(Cl)c1nc(C=Cc2ccccc2)nc(C(Cl)Cl)n1. The average molecular weight is 349 g/mol. The van der Waals surface area contributed by atoms with E-state index in [9.17, 15) is 0 Å². The van der Waals surface area contributed by atoms with Gasteiger partial charge >= 0.3 is 0 Å². The van der Waals surface area contributed by atoms with Crippen molar-refractivity contribution in [3.8, 4) is 0 Å². The van der Waals surface area contributed by atoms with Crippen LogP contribution in [0.15, 0.2) is 30.3 Å². The molecule has 0 fully saturated rings. The Morgan fingerprint density at radius 3 is 1.80 bits per heavy atom. The van der Waals surface area contributed by atoms with Crippen LogP contribution in [0.3, 0.4) is 0 Å². The van der Waals surface area contributed by atoms with Crippen molar-refractivity contribution < 1.29 is 0 Å². The highest BCUT2D eigenvalue weighted by Gasteiger charge is 2.15. The molecule has 7 heteroatoms. The zero-order chi connectivity index (χ0) is 14.5. The summed E-state index contributed by atoms with van der Waals surface area (Å²) in [6.07, 6.45) is 3.58. The van der Waals surface area contributed by atoms with E-state index >= 15 is 0 Å². The van der Waals surface area contributed by atoms with Crippen LogP contribution in [0.1, 0.15) is 32.7 Å². The van der Waals surface area contributed by atoms with E-state index in [1.165, 1.54) is 0 Å². The minimum atomic E-state index is -0.868. The minimum absolute atomic E-state index is 0.220. The lowest BCUT2D eigenvalue weighted by molar-refractivity contribution is 0.871. The van der Waals surface area contributed by atoms with Gasteiger partial charge in [-0.05, 0) is 11.6 Å². The van der Waals surface area contributed by atoms with Crippen molar-refractivity contribution >= 4 is 58.6 Å². The van der Waals surface area contributed by atoms with Gasteiger partial charge in [0.2, 0.25) is 0 Å². The highest BCUT2D eigenvalue weighted by Crippen LogP contribution is 2.26. The summed E-state index contributed by atoms with van der Waals surface area (Å²) in [6.45, 7) is 0. The Hall–Kier alpha value is -0.870. The zero-order valence-electron chi connectivity index (χ0n) is 10.0. The monoisotopic (exact) mass is 347 g/mol. The zero-order valence-corrected chi connectivity index (χ0v) is 13.1. The lowest BCUT2D eigenvalue weighted by atomic mass is 10.2. The van der Waals surface area contributed by atoms with Crippen molar-refractivity contribution in [1.82, 2.24) is 15.0 Å². The lowest BCUT2D eigenvalue weighted by Gasteiger charge is -2.05. The second-order valence-corrected chi connectivity index (χ2v) is 5.95. The third kappa shape index (κ3) is 4.32. The molecule has 0 aliphatic carbocycles. The lowest BCUT2D eigenvalue weighted by Crippen LogP contribution is -2.05. The Balaban J connectivity index is 2.33. The summed E-state index contributed by atoms with van der Waals surface area (Å²) in [5, 5.41) is 0. The summed E-state index contributed by atoms with van der Waals surface area (Å²) in [6, 6.07) is 9.72. The van der Waals surface area contributed by atoms with Crippen LogP contribution in [-0.4, -0.2) is 15.0 Å². The van der Waals surface area contributed by atoms with Gasteiger partial charge in [0.25, 0.3) is 0 Å². The third-order valence-electron chi connectivity index (χ3n) is 2.30. The van der Waals surface area contributed by atoms with Crippen molar-refractivity contribution in [2.45, 2.75) is 9.67 Å². The van der Waals surface area contributed by atoms with Crippen LogP contribution in [0, 0.1) is 0 Å². The Morgan fingerprint density at radius 2 is 1.30 bits per heavy atom. The highest BCUT2D eigenvalue weighted by molar-refractivity contribution is 6.44. The number of hydrogen-bond donors (Lipinski definition) is 0. The van der Waals surface area contributed by atoms with Crippen LogP contribution in [-0.2, 0) is 0 Å². The van der Waals surface area contributed by atoms with Gasteiger partial charge in [-0.25, -0.2) is 15.0 Å². The van der Waals surface area contributed by atoms with Gasteiger partial charge in [-0.3, -0.25) is 0 Å². The van der Waals surface area contributed by atoms with E-state index in [4.69, 9.17) is 46.4 Å². The van der Waals surface area contributed by atoms with E-state index in [1.54, 1.807) is 6.08 Å². The Bertz CT molecular complexity index is 574. The molecule has 0 amide bonds. The fraction of sp³-hybridized carbons (Fsp3) is 0.154. The van der Waals surface area contributed by atoms with Gasteiger partial charge in [0.05, 0.1) is 0 Å². The summed E-state index contributed by atoms with van der Waals surface area (Å²) >= 11 is 23.1. The maximum atomic E-state index is 5.77. The summed E-state index contributed by atoms with van der Waals surface area (Å²) < 4.78 is 0. The fourth-order valence-corrected chi connectivity index (χ4v) is 1.82. The number of alkyl halides is 4. The minimum Gasteiger partial charge on any atom is -0.212 e. The van der Waals surface area contributed by atoms with Crippen LogP contribution in [0.4, 0.5) is 0 Å². The van der Waals surface area contributed by atoms with Crippen LogP contribution < -0.4 is 0 Å². The summed E-state index contributed by atoms with van der Waals surface area (Å²) in [5.41, 5.74) is 1.01. The van der Waals surface area contributed by atoms with E-state index in [1.807, 2.05) is 36.4 Å². The molecule has 2 rings (SSSR count). The van der Waals surface area contributed by atoms with Crippen molar-refractivity contribution in [1.29, 1.82) is 0 Å². The van der Waals surface area contributed by atoms with Gasteiger partial charge in [-0.2, -0.15) is 0 Å². The standard InChI is InChI=1S/C13H9Cl4N3/c14-10(15)12-18-9(19-13(20-12)11(16)17)7-6-8-4-2-1-3-5-8/h1-7,10-11H. The number of rotatable bonds is 4. The Kier molecular flexibility index (Phi) is 5.61. The summed E-state index contributed by atoms with van der Waals surface area (Å²) in [4.78, 5) is 10.5. The first-order chi connectivity index (χ1) is 9.56. The van der Waals surface area contributed by atoms with Crippen molar-refractivity contribution in [2.75, 3.05) is 0 Å². The van der Waals surface area contributed by atoms with E-state index in [0.29, 0.717) is 5.82 Å². The molecule has 0 spiro atoms. The fourth-order valence-electron chi connectivity index (χ4n) is 1.43. The molecular weight excluding hydrogens is 340 g/mol. The molecule has 0 bridgehead atoms. The molecule has 0 saturated heterocycles. The maximum Gasteiger partial charge on any atom is 0.167 e. The molecule has 1 heterocycles. The highest BCUT2D eigenvalue weighted by atomic mass is 35.5. The number of halogens is 4. The molecule has 2 aromatic rings. The van der Waals surface area contributed by atoms with Crippen molar-refractivity contribution in [2.24, 2.45) is 0 Å². The van der Waals surface area contributed by atoms with E-state index in [2.05, 4.69) is 15.0 Å². The number of benzene rings is 1. The van der Waals surface area contributed by atoms with Gasteiger partial charge in [-0.1, -0.05) is 82.8 Å². The van der Waals surface area contributed by atoms with Gasteiger partial charge < -0.3 is 0 Å². The molecule has 1 aromatic heterocycles. The molecule has 3 nitrogen and oxygen atoms in total. The first kappa shape index (κ1) is 15.5. The number of hydrogen-bond acceptors (Lipinski definition) is 3. The average Bonchev–Trinajstić information content (AvgIpc) is 2.45. The Morgan fingerprint density at radius 1 is 0.750 bits per heavy atom. The normalized spacial score (nSPS) is 11.7. The molecule has 0 aliphatic rings. The molecule has 0 saturated carbocycles. The largest absolute Gasteiger partial charge is 0.212 e. The molecule has 0 radical (unpaired) electrons. The quantitative estimate of drug-likeness (QED) is 0.730. The number of nitrogens with zero attached hydrogens (tertiary/aromatic N) is 3. The molecule has 104 valence electrons. The maximum absolute atomic E-state index is 5.77. The van der Waals surface area contributed by atoms with Crippen molar-refractivity contribution in [3.05, 3.63) is 53.4 Å².